The average Bonchev–Trinajstić information content (AvgIpc) is 2.43. The minimum Gasteiger partial charge on any atom is -0.493 e. The van der Waals surface area contributed by atoms with E-state index in [1.54, 1.807) is 0 Å². The van der Waals surface area contributed by atoms with Crippen molar-refractivity contribution >= 4 is 5.91 Å². The summed E-state index contributed by atoms with van der Waals surface area (Å²) in [6, 6.07) is 4.16. The molecule has 21 heavy (non-hydrogen) atoms. The Morgan fingerprint density at radius 1 is 1.14 bits per heavy atom. The van der Waals surface area contributed by atoms with E-state index in [-0.39, 0.29) is 5.91 Å². The van der Waals surface area contributed by atoms with Gasteiger partial charge in [0, 0.05) is 13.1 Å². The van der Waals surface area contributed by atoms with Gasteiger partial charge in [0.25, 0.3) is 0 Å². The Kier molecular flexibility index (Phi) is 7.83. The molecule has 0 spiro atoms. The van der Waals surface area contributed by atoms with E-state index in [9.17, 15) is 4.79 Å². The molecule has 0 fully saturated rings. The molecule has 118 valence electrons. The Morgan fingerprint density at radius 3 is 2.62 bits per heavy atom. The number of carbonyl (C=O) groups is 1. The largest absolute Gasteiger partial charge is 0.493 e. The number of ether oxygens (including phenoxy) is 1. The van der Waals surface area contributed by atoms with Gasteiger partial charge in [-0.05, 0) is 56.5 Å². The van der Waals surface area contributed by atoms with Gasteiger partial charge < -0.3 is 15.4 Å². The van der Waals surface area contributed by atoms with Crippen molar-refractivity contribution in [1.82, 2.24) is 10.6 Å². The summed E-state index contributed by atoms with van der Waals surface area (Å²) in [5.41, 5.74) is 3.54. The summed E-state index contributed by atoms with van der Waals surface area (Å²) in [6.45, 7) is 11.2. The first kappa shape index (κ1) is 17.5. The molecule has 0 aliphatic rings. The Balaban J connectivity index is 2.26. The lowest BCUT2D eigenvalue weighted by atomic mass is 10.1. The van der Waals surface area contributed by atoms with Gasteiger partial charge in [0.2, 0.25) is 5.91 Å². The van der Waals surface area contributed by atoms with E-state index in [4.69, 9.17) is 4.74 Å². The van der Waals surface area contributed by atoms with Crippen LogP contribution in [-0.2, 0) is 4.79 Å². The molecule has 1 aromatic carbocycles. The lowest BCUT2D eigenvalue weighted by Crippen LogP contribution is -2.32. The zero-order valence-electron chi connectivity index (χ0n) is 13.7. The van der Waals surface area contributed by atoms with Crippen LogP contribution in [0.2, 0.25) is 0 Å². The number of aryl methyl sites for hydroxylation is 2. The Bertz CT molecular complexity index is 458. The third-order valence-corrected chi connectivity index (χ3v) is 3.40. The molecule has 0 heterocycles. The van der Waals surface area contributed by atoms with Crippen molar-refractivity contribution in [2.45, 2.75) is 40.5 Å². The molecule has 0 saturated carbocycles. The van der Waals surface area contributed by atoms with Crippen LogP contribution in [0.5, 0.6) is 5.75 Å². The zero-order valence-corrected chi connectivity index (χ0v) is 13.7. The van der Waals surface area contributed by atoms with Crippen molar-refractivity contribution in [1.29, 1.82) is 0 Å². The normalized spacial score (nSPS) is 10.5. The lowest BCUT2D eigenvalue weighted by molar-refractivity contribution is -0.121. The van der Waals surface area contributed by atoms with Crippen molar-refractivity contribution < 1.29 is 9.53 Å². The van der Waals surface area contributed by atoms with E-state index in [0.717, 1.165) is 30.8 Å². The molecule has 0 aromatic heterocycles. The van der Waals surface area contributed by atoms with Crippen LogP contribution in [0, 0.1) is 20.8 Å². The molecular formula is C17H28N2O2. The number of hydrogen-bond acceptors (Lipinski definition) is 3. The van der Waals surface area contributed by atoms with E-state index < -0.39 is 0 Å². The number of benzene rings is 1. The molecule has 4 nitrogen and oxygen atoms in total. The topological polar surface area (TPSA) is 50.4 Å². The van der Waals surface area contributed by atoms with E-state index in [2.05, 4.69) is 37.5 Å². The van der Waals surface area contributed by atoms with Gasteiger partial charge in [0.1, 0.15) is 5.75 Å². The molecule has 0 radical (unpaired) electrons. The molecular weight excluding hydrogens is 264 g/mol. The highest BCUT2D eigenvalue weighted by Crippen LogP contribution is 2.23. The second kappa shape index (κ2) is 9.40. The Morgan fingerprint density at radius 2 is 1.90 bits per heavy atom. The predicted molar refractivity (Wildman–Crippen MR) is 86.9 cm³/mol. The highest BCUT2D eigenvalue weighted by atomic mass is 16.5. The number of hydrogen-bond donors (Lipinski definition) is 2. The van der Waals surface area contributed by atoms with Crippen molar-refractivity contribution in [2.75, 3.05) is 26.2 Å². The van der Waals surface area contributed by atoms with Crippen molar-refractivity contribution in [3.8, 4) is 5.75 Å². The fraction of sp³-hybridized carbons (Fsp3) is 0.588. The van der Waals surface area contributed by atoms with Gasteiger partial charge in [-0.3, -0.25) is 4.79 Å². The van der Waals surface area contributed by atoms with E-state index >= 15 is 0 Å². The smallest absolute Gasteiger partial charge is 0.223 e. The molecule has 1 rings (SSSR count). The van der Waals surface area contributed by atoms with E-state index in [1.165, 1.54) is 11.1 Å². The third-order valence-electron chi connectivity index (χ3n) is 3.40. The predicted octanol–water partition coefficient (Wildman–Crippen LogP) is 2.50. The molecule has 1 aromatic rings. The van der Waals surface area contributed by atoms with Crippen LogP contribution >= 0.6 is 0 Å². The van der Waals surface area contributed by atoms with Crippen molar-refractivity contribution in [2.24, 2.45) is 0 Å². The molecule has 0 bridgehead atoms. The summed E-state index contributed by atoms with van der Waals surface area (Å²) >= 11 is 0. The van der Waals surface area contributed by atoms with E-state index in [1.807, 2.05) is 13.0 Å². The molecule has 0 saturated heterocycles. The quantitative estimate of drug-likeness (QED) is 0.688. The third kappa shape index (κ3) is 6.63. The molecule has 1 amide bonds. The zero-order chi connectivity index (χ0) is 15.7. The van der Waals surface area contributed by atoms with Crippen LogP contribution < -0.4 is 15.4 Å². The molecule has 2 N–H and O–H groups in total. The van der Waals surface area contributed by atoms with Gasteiger partial charge in [0.15, 0.2) is 0 Å². The van der Waals surface area contributed by atoms with Gasteiger partial charge in [-0.2, -0.15) is 0 Å². The van der Waals surface area contributed by atoms with Gasteiger partial charge >= 0.3 is 0 Å². The van der Waals surface area contributed by atoms with Crippen LogP contribution in [-0.4, -0.2) is 32.1 Å². The Labute approximate surface area is 128 Å². The summed E-state index contributed by atoms with van der Waals surface area (Å²) in [5.74, 6) is 0.917. The van der Waals surface area contributed by atoms with Gasteiger partial charge in [-0.15, -0.1) is 0 Å². The lowest BCUT2D eigenvalue weighted by Gasteiger charge is -2.12. The number of carbonyl (C=O) groups excluding carboxylic acids is 1. The molecule has 0 unspecified atom stereocenters. The van der Waals surface area contributed by atoms with Crippen LogP contribution in [0.3, 0.4) is 0 Å². The van der Waals surface area contributed by atoms with Gasteiger partial charge in [0.05, 0.1) is 13.0 Å². The first-order valence-corrected chi connectivity index (χ1v) is 7.72. The van der Waals surface area contributed by atoms with Crippen LogP contribution in [0.4, 0.5) is 0 Å². The maximum Gasteiger partial charge on any atom is 0.223 e. The first-order chi connectivity index (χ1) is 10.0. The first-order valence-electron chi connectivity index (χ1n) is 7.72. The fourth-order valence-corrected chi connectivity index (χ4v) is 2.08. The van der Waals surface area contributed by atoms with Gasteiger partial charge in [-0.25, -0.2) is 0 Å². The van der Waals surface area contributed by atoms with Crippen molar-refractivity contribution in [3.05, 3.63) is 28.8 Å². The SMILES string of the molecule is CCCNCCNC(=O)CCOc1cc(C)cc(C)c1C. The fourth-order valence-electron chi connectivity index (χ4n) is 2.08. The highest BCUT2D eigenvalue weighted by Gasteiger charge is 2.06. The number of rotatable bonds is 9. The second-order valence-electron chi connectivity index (χ2n) is 5.40. The molecule has 0 aliphatic carbocycles. The van der Waals surface area contributed by atoms with Crippen LogP contribution in [0.1, 0.15) is 36.5 Å². The van der Waals surface area contributed by atoms with Gasteiger partial charge in [-0.1, -0.05) is 13.0 Å². The molecule has 0 atom stereocenters. The summed E-state index contributed by atoms with van der Waals surface area (Å²) in [5, 5.41) is 6.13. The minimum atomic E-state index is 0.0373. The van der Waals surface area contributed by atoms with E-state index in [0.29, 0.717) is 19.6 Å². The second-order valence-corrected chi connectivity index (χ2v) is 5.40. The Hall–Kier alpha value is -1.55. The van der Waals surface area contributed by atoms with Crippen LogP contribution in [0.15, 0.2) is 12.1 Å². The number of amides is 1. The van der Waals surface area contributed by atoms with Crippen molar-refractivity contribution in [3.63, 3.8) is 0 Å². The van der Waals surface area contributed by atoms with Crippen LogP contribution in [0.25, 0.3) is 0 Å². The monoisotopic (exact) mass is 292 g/mol. The minimum absolute atomic E-state index is 0.0373. The molecule has 0 aliphatic heterocycles. The standard InChI is InChI=1S/C17H28N2O2/c1-5-7-18-8-9-19-17(20)6-10-21-16-12-13(2)11-14(3)15(16)4/h11-12,18H,5-10H2,1-4H3,(H,19,20). The summed E-state index contributed by atoms with van der Waals surface area (Å²) < 4.78 is 5.74. The highest BCUT2D eigenvalue weighted by molar-refractivity contribution is 5.75. The molecule has 4 heteroatoms. The summed E-state index contributed by atoms with van der Waals surface area (Å²) in [6.07, 6.45) is 1.50. The summed E-state index contributed by atoms with van der Waals surface area (Å²) in [4.78, 5) is 11.7. The maximum atomic E-state index is 11.7. The number of nitrogens with one attached hydrogen (secondary N) is 2. The average molecular weight is 292 g/mol. The maximum absolute atomic E-state index is 11.7. The summed E-state index contributed by atoms with van der Waals surface area (Å²) in [7, 11) is 0.